The van der Waals surface area contributed by atoms with Gasteiger partial charge in [-0.1, -0.05) is 18.3 Å². The van der Waals surface area contributed by atoms with Crippen LogP contribution in [0, 0.1) is 0 Å². The van der Waals surface area contributed by atoms with Gasteiger partial charge in [0.2, 0.25) is 0 Å². The van der Waals surface area contributed by atoms with Gasteiger partial charge < -0.3 is 19.6 Å². The number of aromatic nitrogens is 1. The highest BCUT2D eigenvalue weighted by atomic mass is 32.1. The number of carboxylic acid groups (broad SMARTS) is 1. The third-order valence-corrected chi connectivity index (χ3v) is 3.89. The lowest BCUT2D eigenvalue weighted by atomic mass is 10.4. The zero-order chi connectivity index (χ0) is 15.1. The lowest BCUT2D eigenvalue weighted by Crippen LogP contribution is -2.32. The number of rotatable bonds is 9. The molecule has 0 saturated carbocycles. The first kappa shape index (κ1) is 16.9. The van der Waals surface area contributed by atoms with Crippen molar-refractivity contribution in [1.29, 1.82) is 0 Å². The topological polar surface area (TPSA) is 65.9 Å². The first-order valence-corrected chi connectivity index (χ1v) is 7.42. The Balaban J connectivity index is 2.94. The van der Waals surface area contributed by atoms with Crippen LogP contribution in [0.2, 0.25) is 0 Å². The maximum atomic E-state index is 11.2. The summed E-state index contributed by atoms with van der Waals surface area (Å²) in [5.74, 6) is -0.940. The molecule has 1 rings (SSSR count). The highest BCUT2D eigenvalue weighted by molar-refractivity contribution is 7.17. The second-order valence-electron chi connectivity index (χ2n) is 4.80. The van der Waals surface area contributed by atoms with Crippen molar-refractivity contribution in [3.05, 3.63) is 10.6 Å². The molecule has 1 N–H and O–H groups in total. The molecule has 1 heterocycles. The molecule has 1 aromatic heterocycles. The van der Waals surface area contributed by atoms with Crippen LogP contribution in [-0.4, -0.2) is 61.8 Å². The van der Waals surface area contributed by atoms with E-state index in [1.54, 1.807) is 7.11 Å². The van der Waals surface area contributed by atoms with Gasteiger partial charge in [0.15, 0.2) is 5.13 Å². The molecule has 0 aliphatic rings. The van der Waals surface area contributed by atoms with Crippen molar-refractivity contribution in [2.45, 2.75) is 20.0 Å². The summed E-state index contributed by atoms with van der Waals surface area (Å²) >= 11 is 1.22. The number of anilines is 1. The molecule has 0 bridgehead atoms. The number of carboxylic acids is 1. The molecule has 0 fully saturated rings. The number of hydrogen-bond acceptors (Lipinski definition) is 6. The molecule has 0 radical (unpaired) electrons. The van der Waals surface area contributed by atoms with E-state index in [-0.39, 0.29) is 11.5 Å². The van der Waals surface area contributed by atoms with Crippen LogP contribution in [0.15, 0.2) is 0 Å². The minimum Gasteiger partial charge on any atom is -0.477 e. The first-order valence-electron chi connectivity index (χ1n) is 6.61. The van der Waals surface area contributed by atoms with Gasteiger partial charge in [0, 0.05) is 26.7 Å². The molecule has 0 amide bonds. The average Bonchev–Trinajstić information content (AvgIpc) is 2.78. The number of hydrogen-bond donors (Lipinski definition) is 1. The predicted molar refractivity (Wildman–Crippen MR) is 80.8 cm³/mol. The Morgan fingerprint density at radius 3 is 2.55 bits per heavy atom. The van der Waals surface area contributed by atoms with Crippen LogP contribution in [0.1, 0.15) is 28.7 Å². The summed E-state index contributed by atoms with van der Waals surface area (Å²) in [7, 11) is 5.58. The fourth-order valence-corrected chi connectivity index (χ4v) is 2.73. The minimum absolute atomic E-state index is 0.228. The van der Waals surface area contributed by atoms with Crippen molar-refractivity contribution in [3.63, 3.8) is 0 Å². The van der Waals surface area contributed by atoms with Crippen molar-refractivity contribution in [1.82, 2.24) is 9.88 Å². The van der Waals surface area contributed by atoms with Gasteiger partial charge in [-0.3, -0.25) is 0 Å². The van der Waals surface area contributed by atoms with Crippen molar-refractivity contribution in [2.75, 3.05) is 45.7 Å². The third-order valence-electron chi connectivity index (χ3n) is 2.74. The van der Waals surface area contributed by atoms with E-state index >= 15 is 0 Å². The normalized spacial score (nSPS) is 11.1. The van der Waals surface area contributed by atoms with E-state index in [1.807, 2.05) is 14.1 Å². The van der Waals surface area contributed by atoms with Crippen molar-refractivity contribution >= 4 is 22.4 Å². The molecular weight excluding hydrogens is 278 g/mol. The highest BCUT2D eigenvalue weighted by Gasteiger charge is 2.20. The second kappa shape index (κ2) is 8.18. The van der Waals surface area contributed by atoms with Crippen LogP contribution in [-0.2, 0) is 11.3 Å². The molecule has 0 atom stereocenters. The number of likely N-dealkylation sites (N-methyl/N-ethyl adjacent to an activating group) is 1. The minimum atomic E-state index is -0.940. The fraction of sp³-hybridized carbons (Fsp3) is 0.692. The monoisotopic (exact) mass is 301 g/mol. The molecule has 0 aromatic carbocycles. The van der Waals surface area contributed by atoms with Gasteiger partial charge in [-0.05, 0) is 20.5 Å². The number of aromatic carboxylic acids is 1. The number of methoxy groups -OCH3 is 1. The van der Waals surface area contributed by atoms with Gasteiger partial charge in [-0.2, -0.15) is 0 Å². The maximum Gasteiger partial charge on any atom is 0.347 e. The van der Waals surface area contributed by atoms with Gasteiger partial charge in [0.25, 0.3) is 0 Å². The van der Waals surface area contributed by atoms with Gasteiger partial charge in [-0.25, -0.2) is 9.78 Å². The molecule has 7 heteroatoms. The van der Waals surface area contributed by atoms with Crippen LogP contribution in [0.3, 0.4) is 0 Å². The smallest absolute Gasteiger partial charge is 0.347 e. The lowest BCUT2D eigenvalue weighted by Gasteiger charge is -2.23. The standard InChI is InChI=1S/C13H23N3O3S/c1-5-6-16(8-7-15(2)3)13-14-10(9-19-4)11(20-13)12(17)18/h5-9H2,1-4H3,(H,17,18). The summed E-state index contributed by atoms with van der Waals surface area (Å²) < 4.78 is 5.02. The molecule has 0 aliphatic heterocycles. The number of ether oxygens (including phenoxy) is 1. The van der Waals surface area contributed by atoms with E-state index in [9.17, 15) is 9.90 Å². The zero-order valence-electron chi connectivity index (χ0n) is 12.5. The van der Waals surface area contributed by atoms with Gasteiger partial charge >= 0.3 is 5.97 Å². The maximum absolute atomic E-state index is 11.2. The quantitative estimate of drug-likeness (QED) is 0.750. The number of thiazole rings is 1. The summed E-state index contributed by atoms with van der Waals surface area (Å²) in [6, 6.07) is 0. The average molecular weight is 301 g/mol. The summed E-state index contributed by atoms with van der Waals surface area (Å²) in [5.41, 5.74) is 0.506. The van der Waals surface area contributed by atoms with Crippen LogP contribution < -0.4 is 4.90 Å². The van der Waals surface area contributed by atoms with Crippen molar-refractivity contribution < 1.29 is 14.6 Å². The Hall–Kier alpha value is -1.18. The molecular formula is C13H23N3O3S. The summed E-state index contributed by atoms with van der Waals surface area (Å²) in [6.45, 7) is 4.94. The SMILES string of the molecule is CCCN(CCN(C)C)c1nc(COC)c(C(=O)O)s1. The Morgan fingerprint density at radius 2 is 2.05 bits per heavy atom. The molecule has 0 aliphatic carbocycles. The van der Waals surface area contributed by atoms with Crippen LogP contribution in [0.25, 0.3) is 0 Å². The Labute approximate surface area is 124 Å². The van der Waals surface area contributed by atoms with Gasteiger partial charge in [-0.15, -0.1) is 0 Å². The van der Waals surface area contributed by atoms with Gasteiger partial charge in [0.05, 0.1) is 12.3 Å². The number of nitrogens with zero attached hydrogens (tertiary/aromatic N) is 3. The lowest BCUT2D eigenvalue weighted by molar-refractivity contribution is 0.0697. The van der Waals surface area contributed by atoms with Gasteiger partial charge in [0.1, 0.15) is 4.88 Å². The van der Waals surface area contributed by atoms with Crippen LogP contribution in [0.4, 0.5) is 5.13 Å². The van der Waals surface area contributed by atoms with Crippen LogP contribution >= 0.6 is 11.3 Å². The van der Waals surface area contributed by atoms with Crippen LogP contribution in [0.5, 0.6) is 0 Å². The molecule has 20 heavy (non-hydrogen) atoms. The summed E-state index contributed by atoms with van der Waals surface area (Å²) in [4.78, 5) is 20.2. The Morgan fingerprint density at radius 1 is 1.35 bits per heavy atom. The van der Waals surface area contributed by atoms with E-state index in [4.69, 9.17) is 4.74 Å². The molecule has 0 unspecified atom stereocenters. The van der Waals surface area contributed by atoms with E-state index in [1.165, 1.54) is 11.3 Å². The molecule has 6 nitrogen and oxygen atoms in total. The van der Waals surface area contributed by atoms with E-state index in [2.05, 4.69) is 21.7 Å². The molecule has 0 spiro atoms. The molecule has 0 saturated heterocycles. The predicted octanol–water partition coefficient (Wildman–Crippen LogP) is 1.77. The molecule has 1 aromatic rings. The largest absolute Gasteiger partial charge is 0.477 e. The first-order chi connectivity index (χ1) is 9.49. The van der Waals surface area contributed by atoms with E-state index < -0.39 is 5.97 Å². The van der Waals surface area contributed by atoms with Crippen molar-refractivity contribution in [3.8, 4) is 0 Å². The summed E-state index contributed by atoms with van der Waals surface area (Å²) in [5, 5.41) is 9.99. The molecule has 114 valence electrons. The van der Waals surface area contributed by atoms with E-state index in [0.717, 1.165) is 31.2 Å². The van der Waals surface area contributed by atoms with E-state index in [0.29, 0.717) is 5.69 Å². The number of carbonyl (C=O) groups is 1. The summed E-state index contributed by atoms with van der Waals surface area (Å²) in [6.07, 6.45) is 0.995. The second-order valence-corrected chi connectivity index (χ2v) is 5.78. The Kier molecular flexibility index (Phi) is 6.90. The zero-order valence-corrected chi connectivity index (χ0v) is 13.4. The highest BCUT2D eigenvalue weighted by Crippen LogP contribution is 2.27. The third kappa shape index (κ3) is 4.73. The Bertz CT molecular complexity index is 434. The fourth-order valence-electron chi connectivity index (χ4n) is 1.77. The van der Waals surface area contributed by atoms with Crippen molar-refractivity contribution in [2.24, 2.45) is 0 Å².